The Bertz CT molecular complexity index is 782. The van der Waals surface area contributed by atoms with E-state index in [0.29, 0.717) is 16.4 Å². The molecular weight excluding hydrogens is 283 g/mol. The predicted molar refractivity (Wildman–Crippen MR) is 77.3 cm³/mol. The highest BCUT2D eigenvalue weighted by Crippen LogP contribution is 2.31. The molecule has 0 saturated heterocycles. The number of halogens is 2. The van der Waals surface area contributed by atoms with Crippen molar-refractivity contribution < 1.29 is 4.39 Å². The molecular formula is C14H10ClFN2S. The van der Waals surface area contributed by atoms with Crippen molar-refractivity contribution in [3.8, 4) is 11.4 Å². The maximum absolute atomic E-state index is 13.9. The van der Waals surface area contributed by atoms with Crippen molar-refractivity contribution in [2.24, 2.45) is 0 Å². The molecule has 0 atom stereocenters. The van der Waals surface area contributed by atoms with Crippen molar-refractivity contribution in [2.45, 2.75) is 13.8 Å². The summed E-state index contributed by atoms with van der Waals surface area (Å²) >= 11 is 7.76. The van der Waals surface area contributed by atoms with Crippen molar-refractivity contribution in [1.82, 2.24) is 9.97 Å². The first kappa shape index (κ1) is 12.5. The molecule has 3 rings (SSSR count). The first-order chi connectivity index (χ1) is 9.08. The van der Waals surface area contributed by atoms with Crippen LogP contribution in [-0.2, 0) is 0 Å². The maximum Gasteiger partial charge on any atom is 0.162 e. The minimum atomic E-state index is -0.376. The van der Waals surface area contributed by atoms with E-state index >= 15 is 0 Å². The van der Waals surface area contributed by atoms with Gasteiger partial charge >= 0.3 is 0 Å². The van der Waals surface area contributed by atoms with E-state index in [4.69, 9.17) is 11.6 Å². The molecule has 0 aliphatic heterocycles. The Balaban J connectivity index is 2.37. The SMILES string of the molecule is Cc1cscc1-c1nc(Cl)c2c(C)ccc(F)c2n1. The van der Waals surface area contributed by atoms with Crippen LogP contribution < -0.4 is 0 Å². The minimum Gasteiger partial charge on any atom is -0.225 e. The van der Waals surface area contributed by atoms with E-state index in [9.17, 15) is 4.39 Å². The van der Waals surface area contributed by atoms with Gasteiger partial charge in [-0.05, 0) is 36.4 Å². The Hall–Kier alpha value is -1.52. The normalized spacial score (nSPS) is 11.2. The van der Waals surface area contributed by atoms with Crippen LogP contribution in [0.4, 0.5) is 4.39 Å². The lowest BCUT2D eigenvalue weighted by Gasteiger charge is -2.07. The molecule has 5 heteroatoms. The van der Waals surface area contributed by atoms with Gasteiger partial charge in [-0.3, -0.25) is 0 Å². The van der Waals surface area contributed by atoms with Crippen molar-refractivity contribution in [1.29, 1.82) is 0 Å². The smallest absolute Gasteiger partial charge is 0.162 e. The summed E-state index contributed by atoms with van der Waals surface area (Å²) in [5.74, 6) is 0.0970. The second-order valence-corrected chi connectivity index (χ2v) is 5.50. The summed E-state index contributed by atoms with van der Waals surface area (Å²) in [6.45, 7) is 3.84. The number of thiophene rings is 1. The summed E-state index contributed by atoms with van der Waals surface area (Å²) in [7, 11) is 0. The molecule has 2 heterocycles. The highest BCUT2D eigenvalue weighted by molar-refractivity contribution is 7.08. The van der Waals surface area contributed by atoms with Gasteiger partial charge in [-0.1, -0.05) is 17.7 Å². The third-order valence-corrected chi connectivity index (χ3v) is 4.20. The molecule has 3 aromatic rings. The lowest BCUT2D eigenvalue weighted by Crippen LogP contribution is -1.96. The molecule has 19 heavy (non-hydrogen) atoms. The van der Waals surface area contributed by atoms with Crippen molar-refractivity contribution >= 4 is 33.8 Å². The van der Waals surface area contributed by atoms with Crippen LogP contribution in [-0.4, -0.2) is 9.97 Å². The quantitative estimate of drug-likeness (QED) is 0.604. The van der Waals surface area contributed by atoms with Gasteiger partial charge < -0.3 is 0 Å². The highest BCUT2D eigenvalue weighted by atomic mass is 35.5. The van der Waals surface area contributed by atoms with Crippen LogP contribution in [0.3, 0.4) is 0 Å². The molecule has 0 saturated carbocycles. The fourth-order valence-corrected chi connectivity index (χ4v) is 3.17. The first-order valence-corrected chi connectivity index (χ1v) is 7.05. The van der Waals surface area contributed by atoms with Crippen LogP contribution in [0.2, 0.25) is 5.15 Å². The second-order valence-electron chi connectivity index (χ2n) is 4.39. The van der Waals surface area contributed by atoms with Crippen molar-refractivity contribution in [3.05, 3.63) is 45.0 Å². The molecule has 0 aliphatic carbocycles. The number of aromatic nitrogens is 2. The molecule has 1 aromatic carbocycles. The molecule has 0 radical (unpaired) electrons. The van der Waals surface area contributed by atoms with E-state index in [1.807, 2.05) is 24.6 Å². The van der Waals surface area contributed by atoms with Gasteiger partial charge in [0, 0.05) is 16.3 Å². The molecule has 0 fully saturated rings. The summed E-state index contributed by atoms with van der Waals surface area (Å²) in [6, 6.07) is 3.09. The number of aryl methyl sites for hydroxylation is 2. The fraction of sp³-hybridized carbons (Fsp3) is 0.143. The summed E-state index contributed by atoms with van der Waals surface area (Å²) in [5, 5.41) is 4.82. The van der Waals surface area contributed by atoms with Crippen LogP contribution in [0.1, 0.15) is 11.1 Å². The zero-order valence-corrected chi connectivity index (χ0v) is 11.9. The third kappa shape index (κ3) is 2.01. The maximum atomic E-state index is 13.9. The number of fused-ring (bicyclic) bond motifs is 1. The Kier molecular flexibility index (Phi) is 2.99. The average Bonchev–Trinajstić information content (AvgIpc) is 2.79. The zero-order chi connectivity index (χ0) is 13.6. The standard InChI is InChI=1S/C14H10ClFN2S/c1-7-3-4-10(16)12-11(7)13(15)18-14(17-12)9-6-19-5-8(9)2/h3-6H,1-2H3. The lowest BCUT2D eigenvalue weighted by atomic mass is 10.1. The lowest BCUT2D eigenvalue weighted by molar-refractivity contribution is 0.636. The summed E-state index contributed by atoms with van der Waals surface area (Å²) in [6.07, 6.45) is 0. The van der Waals surface area contributed by atoms with E-state index in [1.54, 1.807) is 17.4 Å². The third-order valence-electron chi connectivity index (χ3n) is 3.06. The minimum absolute atomic E-state index is 0.278. The summed E-state index contributed by atoms with van der Waals surface area (Å²) in [4.78, 5) is 8.64. The number of nitrogens with zero attached hydrogens (tertiary/aromatic N) is 2. The van der Waals surface area contributed by atoms with E-state index in [-0.39, 0.29) is 11.3 Å². The van der Waals surface area contributed by atoms with Gasteiger partial charge in [-0.15, -0.1) is 0 Å². The summed E-state index contributed by atoms with van der Waals surface area (Å²) < 4.78 is 13.9. The van der Waals surface area contributed by atoms with E-state index in [0.717, 1.165) is 16.7 Å². The van der Waals surface area contributed by atoms with Crippen LogP contribution in [0.25, 0.3) is 22.3 Å². The number of benzene rings is 1. The van der Waals surface area contributed by atoms with E-state index in [1.165, 1.54) is 6.07 Å². The van der Waals surface area contributed by atoms with Gasteiger partial charge in [-0.2, -0.15) is 11.3 Å². The van der Waals surface area contributed by atoms with Gasteiger partial charge in [0.05, 0.1) is 0 Å². The molecule has 0 unspecified atom stereocenters. The number of hydrogen-bond donors (Lipinski definition) is 0. The molecule has 2 aromatic heterocycles. The van der Waals surface area contributed by atoms with Gasteiger partial charge in [0.1, 0.15) is 16.5 Å². The molecule has 2 nitrogen and oxygen atoms in total. The zero-order valence-electron chi connectivity index (χ0n) is 10.4. The Morgan fingerprint density at radius 1 is 1.11 bits per heavy atom. The highest BCUT2D eigenvalue weighted by Gasteiger charge is 2.14. The molecule has 0 amide bonds. The van der Waals surface area contributed by atoms with Crippen molar-refractivity contribution in [2.75, 3.05) is 0 Å². The van der Waals surface area contributed by atoms with Gasteiger partial charge in [-0.25, -0.2) is 14.4 Å². The van der Waals surface area contributed by atoms with E-state index < -0.39 is 0 Å². The van der Waals surface area contributed by atoms with Crippen molar-refractivity contribution in [3.63, 3.8) is 0 Å². The Morgan fingerprint density at radius 2 is 1.89 bits per heavy atom. The van der Waals surface area contributed by atoms with Crippen LogP contribution in [0, 0.1) is 19.7 Å². The Labute approximate surface area is 118 Å². The predicted octanol–water partition coefficient (Wildman–Crippen LogP) is 4.77. The van der Waals surface area contributed by atoms with Gasteiger partial charge in [0.25, 0.3) is 0 Å². The molecule has 0 aliphatic rings. The molecule has 96 valence electrons. The molecule has 0 N–H and O–H groups in total. The van der Waals surface area contributed by atoms with Gasteiger partial charge in [0.15, 0.2) is 5.82 Å². The summed E-state index contributed by atoms with van der Waals surface area (Å²) in [5.41, 5.74) is 3.11. The van der Waals surface area contributed by atoms with E-state index in [2.05, 4.69) is 9.97 Å². The fourth-order valence-electron chi connectivity index (χ4n) is 2.03. The topological polar surface area (TPSA) is 25.8 Å². The van der Waals surface area contributed by atoms with Crippen LogP contribution in [0.5, 0.6) is 0 Å². The number of rotatable bonds is 1. The largest absolute Gasteiger partial charge is 0.225 e. The Morgan fingerprint density at radius 3 is 2.58 bits per heavy atom. The number of hydrogen-bond acceptors (Lipinski definition) is 3. The second kappa shape index (κ2) is 4.54. The average molecular weight is 293 g/mol. The van der Waals surface area contributed by atoms with Crippen LogP contribution in [0.15, 0.2) is 22.9 Å². The first-order valence-electron chi connectivity index (χ1n) is 5.73. The van der Waals surface area contributed by atoms with Gasteiger partial charge in [0.2, 0.25) is 0 Å². The monoisotopic (exact) mass is 292 g/mol. The van der Waals surface area contributed by atoms with Crippen LogP contribution >= 0.6 is 22.9 Å². The molecule has 0 bridgehead atoms. The molecule has 0 spiro atoms.